The summed E-state index contributed by atoms with van der Waals surface area (Å²) in [5.74, 6) is 0. The van der Waals surface area contributed by atoms with Crippen LogP contribution in [0.2, 0.25) is 0 Å². The highest BCUT2D eigenvalue weighted by Gasteiger charge is 2.42. The molecule has 2 fully saturated rings. The maximum absolute atomic E-state index is 6.08. The smallest absolute Gasteiger partial charge is 0.0815 e. The van der Waals surface area contributed by atoms with Gasteiger partial charge in [-0.15, -0.1) is 0 Å². The van der Waals surface area contributed by atoms with E-state index in [1.165, 1.54) is 37.1 Å². The Kier molecular flexibility index (Phi) is 5.63. The van der Waals surface area contributed by atoms with Crippen LogP contribution in [0.3, 0.4) is 0 Å². The second kappa shape index (κ2) is 8.30. The van der Waals surface area contributed by atoms with Crippen LogP contribution >= 0.6 is 0 Å². The topological polar surface area (TPSA) is 34.6 Å². The molecular weight excluding hydrogens is 324 g/mol. The number of benzene rings is 1. The lowest BCUT2D eigenvalue weighted by Crippen LogP contribution is -2.40. The third-order valence-electron chi connectivity index (χ3n) is 5.77. The predicted octanol–water partition coefficient (Wildman–Crippen LogP) is 3.67. The van der Waals surface area contributed by atoms with E-state index in [0.717, 1.165) is 19.6 Å². The van der Waals surface area contributed by atoms with Crippen LogP contribution in [0, 0.1) is 5.41 Å². The molecule has 1 atom stereocenters. The molecule has 138 valence electrons. The summed E-state index contributed by atoms with van der Waals surface area (Å²) in [5.41, 5.74) is 2.95. The molecule has 2 aliphatic rings. The van der Waals surface area contributed by atoms with Gasteiger partial charge in [-0.25, -0.2) is 0 Å². The zero-order valence-electron chi connectivity index (χ0n) is 15.3. The first-order valence-electron chi connectivity index (χ1n) is 9.66. The van der Waals surface area contributed by atoms with Crippen molar-refractivity contribution in [3.8, 4) is 0 Å². The lowest BCUT2D eigenvalue weighted by atomic mass is 9.76. The van der Waals surface area contributed by atoms with E-state index in [-0.39, 0.29) is 6.10 Å². The third-order valence-corrected chi connectivity index (χ3v) is 5.77. The Labute approximate surface area is 156 Å². The molecule has 1 spiro atoms. The lowest BCUT2D eigenvalue weighted by molar-refractivity contribution is 0.00633. The molecule has 0 bridgehead atoms. The predicted molar refractivity (Wildman–Crippen MR) is 102 cm³/mol. The van der Waals surface area contributed by atoms with Crippen LogP contribution in [0.5, 0.6) is 0 Å². The van der Waals surface area contributed by atoms with Crippen molar-refractivity contribution in [2.75, 3.05) is 26.3 Å². The largest absolute Gasteiger partial charge is 0.375 e. The Morgan fingerprint density at radius 3 is 2.58 bits per heavy atom. The van der Waals surface area contributed by atoms with Gasteiger partial charge in [0.05, 0.1) is 25.9 Å². The third kappa shape index (κ3) is 4.50. The molecule has 4 heteroatoms. The summed E-state index contributed by atoms with van der Waals surface area (Å²) in [5, 5.41) is 0. The van der Waals surface area contributed by atoms with E-state index >= 15 is 0 Å². The summed E-state index contributed by atoms with van der Waals surface area (Å²) in [6, 6.07) is 14.8. The standard InChI is InChI=1S/C22H28N2O2/c1-2-4-19(5-3-1)15-24-12-8-22(9-13-24)14-21(26-18-22)17-25-16-20-6-10-23-11-7-20/h1-7,10-11,21H,8-9,12-18H2. The molecule has 0 aliphatic carbocycles. The molecule has 0 radical (unpaired) electrons. The Morgan fingerprint density at radius 1 is 1.04 bits per heavy atom. The SMILES string of the molecule is c1ccc(CN2CCC3(CC2)COC(COCc2ccncc2)C3)cc1. The number of pyridine rings is 1. The van der Waals surface area contributed by atoms with Crippen molar-refractivity contribution in [3.63, 3.8) is 0 Å². The van der Waals surface area contributed by atoms with Crippen molar-refractivity contribution in [1.82, 2.24) is 9.88 Å². The second-order valence-electron chi connectivity index (χ2n) is 7.77. The monoisotopic (exact) mass is 352 g/mol. The van der Waals surface area contributed by atoms with E-state index in [1.54, 1.807) is 0 Å². The summed E-state index contributed by atoms with van der Waals surface area (Å²) in [7, 11) is 0. The molecule has 2 saturated heterocycles. The highest BCUT2D eigenvalue weighted by Crippen LogP contribution is 2.42. The molecule has 2 aliphatic heterocycles. The first-order chi connectivity index (χ1) is 12.8. The lowest BCUT2D eigenvalue weighted by Gasteiger charge is -2.38. The van der Waals surface area contributed by atoms with Crippen LogP contribution in [0.25, 0.3) is 0 Å². The molecule has 4 rings (SSSR count). The van der Waals surface area contributed by atoms with Gasteiger partial charge < -0.3 is 9.47 Å². The van der Waals surface area contributed by atoms with Gasteiger partial charge >= 0.3 is 0 Å². The van der Waals surface area contributed by atoms with Gasteiger partial charge in [-0.2, -0.15) is 0 Å². The normalized spacial score (nSPS) is 22.7. The van der Waals surface area contributed by atoms with Gasteiger partial charge in [0.15, 0.2) is 0 Å². The van der Waals surface area contributed by atoms with Gasteiger partial charge in [0.2, 0.25) is 0 Å². The fourth-order valence-electron chi connectivity index (χ4n) is 4.17. The van der Waals surface area contributed by atoms with Crippen molar-refractivity contribution in [3.05, 3.63) is 66.0 Å². The van der Waals surface area contributed by atoms with Crippen molar-refractivity contribution in [1.29, 1.82) is 0 Å². The van der Waals surface area contributed by atoms with E-state index in [9.17, 15) is 0 Å². The molecule has 1 aromatic carbocycles. The van der Waals surface area contributed by atoms with Gasteiger partial charge in [0, 0.05) is 18.9 Å². The highest BCUT2D eigenvalue weighted by atomic mass is 16.5. The Hall–Kier alpha value is -1.75. The minimum Gasteiger partial charge on any atom is -0.375 e. The Morgan fingerprint density at radius 2 is 1.81 bits per heavy atom. The van der Waals surface area contributed by atoms with Gasteiger partial charge in [-0.3, -0.25) is 9.88 Å². The molecule has 4 nitrogen and oxygen atoms in total. The van der Waals surface area contributed by atoms with Crippen molar-refractivity contribution in [2.45, 2.75) is 38.5 Å². The second-order valence-corrected chi connectivity index (χ2v) is 7.77. The van der Waals surface area contributed by atoms with Crippen LogP contribution in [0.1, 0.15) is 30.4 Å². The molecule has 1 unspecified atom stereocenters. The average Bonchev–Trinajstić information content (AvgIpc) is 3.08. The first kappa shape index (κ1) is 17.7. The molecule has 26 heavy (non-hydrogen) atoms. The van der Waals surface area contributed by atoms with E-state index in [0.29, 0.717) is 18.6 Å². The van der Waals surface area contributed by atoms with Gasteiger partial charge in [0.1, 0.15) is 0 Å². The fraction of sp³-hybridized carbons (Fsp3) is 0.500. The summed E-state index contributed by atoms with van der Waals surface area (Å²) < 4.78 is 12.0. The first-order valence-corrected chi connectivity index (χ1v) is 9.66. The minimum atomic E-state index is 0.248. The number of nitrogens with zero attached hydrogens (tertiary/aromatic N) is 2. The number of piperidine rings is 1. The maximum Gasteiger partial charge on any atom is 0.0815 e. The number of hydrogen-bond donors (Lipinski definition) is 0. The molecule has 1 aromatic heterocycles. The Balaban J connectivity index is 1.20. The average molecular weight is 352 g/mol. The molecule has 0 N–H and O–H groups in total. The number of hydrogen-bond acceptors (Lipinski definition) is 4. The number of aromatic nitrogens is 1. The summed E-state index contributed by atoms with van der Waals surface area (Å²) in [6.45, 7) is 5.63. The van der Waals surface area contributed by atoms with Crippen LogP contribution in [0.4, 0.5) is 0 Å². The number of ether oxygens (including phenoxy) is 2. The zero-order chi connectivity index (χ0) is 17.7. The van der Waals surface area contributed by atoms with E-state index in [4.69, 9.17) is 9.47 Å². The number of likely N-dealkylation sites (tertiary alicyclic amines) is 1. The number of rotatable bonds is 6. The molecule has 3 heterocycles. The summed E-state index contributed by atoms with van der Waals surface area (Å²) in [6.07, 6.45) is 7.48. The quantitative estimate of drug-likeness (QED) is 0.794. The molecule has 0 amide bonds. The summed E-state index contributed by atoms with van der Waals surface area (Å²) >= 11 is 0. The van der Waals surface area contributed by atoms with Gasteiger partial charge in [-0.1, -0.05) is 30.3 Å². The Bertz CT molecular complexity index is 669. The molecular formula is C22H28N2O2. The van der Waals surface area contributed by atoms with Gasteiger partial charge in [0.25, 0.3) is 0 Å². The van der Waals surface area contributed by atoms with Crippen LogP contribution in [-0.4, -0.2) is 42.3 Å². The van der Waals surface area contributed by atoms with Crippen molar-refractivity contribution < 1.29 is 9.47 Å². The van der Waals surface area contributed by atoms with Crippen LogP contribution in [0.15, 0.2) is 54.9 Å². The van der Waals surface area contributed by atoms with Gasteiger partial charge in [-0.05, 0) is 61.0 Å². The van der Waals surface area contributed by atoms with Crippen molar-refractivity contribution >= 4 is 0 Å². The highest BCUT2D eigenvalue weighted by molar-refractivity contribution is 5.14. The zero-order valence-corrected chi connectivity index (χ0v) is 15.3. The maximum atomic E-state index is 6.08. The van der Waals surface area contributed by atoms with Crippen LogP contribution in [-0.2, 0) is 22.6 Å². The molecule has 2 aromatic rings. The molecule has 0 saturated carbocycles. The van der Waals surface area contributed by atoms with Crippen LogP contribution < -0.4 is 0 Å². The minimum absolute atomic E-state index is 0.248. The summed E-state index contributed by atoms with van der Waals surface area (Å²) in [4.78, 5) is 6.61. The van der Waals surface area contributed by atoms with E-state index < -0.39 is 0 Å². The fourth-order valence-corrected chi connectivity index (χ4v) is 4.17. The van der Waals surface area contributed by atoms with E-state index in [2.05, 4.69) is 40.2 Å². The van der Waals surface area contributed by atoms with Crippen molar-refractivity contribution in [2.24, 2.45) is 5.41 Å². The van der Waals surface area contributed by atoms with E-state index in [1.807, 2.05) is 24.5 Å².